The lowest BCUT2D eigenvalue weighted by Crippen LogP contribution is -2.51. The van der Waals surface area contributed by atoms with Crippen LogP contribution in [0.4, 0.5) is 0 Å². The average Bonchev–Trinajstić information content (AvgIpc) is 2.70. The summed E-state index contributed by atoms with van der Waals surface area (Å²) in [6, 6.07) is 13.5. The van der Waals surface area contributed by atoms with Gasteiger partial charge in [-0.05, 0) is 35.9 Å². The zero-order valence-electron chi connectivity index (χ0n) is 14.9. The van der Waals surface area contributed by atoms with E-state index >= 15 is 0 Å². The molecule has 0 aliphatic carbocycles. The molecule has 1 fully saturated rings. The normalized spacial score (nSPS) is 16.0. The minimum Gasteiger partial charge on any atom is -0.468 e. The number of hydrogen-bond acceptors (Lipinski definition) is 4. The van der Waals surface area contributed by atoms with E-state index in [1.807, 2.05) is 23.1 Å². The van der Waals surface area contributed by atoms with Crippen molar-refractivity contribution >= 4 is 35.1 Å². The lowest BCUT2D eigenvalue weighted by atomic mass is 10.0. The van der Waals surface area contributed by atoms with Crippen molar-refractivity contribution in [3.05, 3.63) is 69.7 Å². The van der Waals surface area contributed by atoms with Crippen molar-refractivity contribution in [1.82, 2.24) is 9.80 Å². The highest BCUT2D eigenvalue weighted by Gasteiger charge is 2.33. The fourth-order valence-corrected chi connectivity index (χ4v) is 3.60. The van der Waals surface area contributed by atoms with E-state index in [1.54, 1.807) is 35.2 Å². The number of hydrogen-bond donors (Lipinski definition) is 0. The largest absolute Gasteiger partial charge is 0.468 e. The Hall–Kier alpha value is -2.08. The summed E-state index contributed by atoms with van der Waals surface area (Å²) in [4.78, 5) is 28.8. The molecule has 0 unspecified atom stereocenters. The number of piperazine rings is 1. The molecule has 1 heterocycles. The van der Waals surface area contributed by atoms with Gasteiger partial charge in [0, 0.05) is 41.8 Å². The fraction of sp³-hybridized carbons (Fsp3) is 0.300. The van der Waals surface area contributed by atoms with Crippen molar-refractivity contribution in [3.8, 4) is 0 Å². The van der Waals surface area contributed by atoms with Gasteiger partial charge in [0.1, 0.15) is 6.04 Å². The SMILES string of the molecule is COC(=O)[C@@H](c1ccccc1Cl)N1CCN(C(=O)c2ccc(Cl)cc2)CC1. The minimum atomic E-state index is -0.587. The van der Waals surface area contributed by atoms with Crippen LogP contribution in [0.25, 0.3) is 0 Å². The van der Waals surface area contributed by atoms with E-state index in [4.69, 9.17) is 27.9 Å². The summed E-state index contributed by atoms with van der Waals surface area (Å²) in [7, 11) is 1.37. The Bertz CT molecular complexity index is 818. The van der Waals surface area contributed by atoms with E-state index in [0.29, 0.717) is 47.4 Å². The lowest BCUT2D eigenvalue weighted by molar-refractivity contribution is -0.148. The second-order valence-electron chi connectivity index (χ2n) is 6.28. The Morgan fingerprint density at radius 2 is 1.59 bits per heavy atom. The molecule has 1 atom stereocenters. The molecular formula is C20H20Cl2N2O3. The van der Waals surface area contributed by atoms with Crippen molar-refractivity contribution in [3.63, 3.8) is 0 Å². The first-order valence-electron chi connectivity index (χ1n) is 8.62. The Labute approximate surface area is 168 Å². The molecule has 27 heavy (non-hydrogen) atoms. The number of ether oxygens (including phenoxy) is 1. The second kappa shape index (κ2) is 8.74. The Balaban J connectivity index is 1.72. The van der Waals surface area contributed by atoms with Gasteiger partial charge in [-0.1, -0.05) is 41.4 Å². The van der Waals surface area contributed by atoms with E-state index in [0.717, 1.165) is 0 Å². The van der Waals surface area contributed by atoms with E-state index in [2.05, 4.69) is 0 Å². The molecule has 5 nitrogen and oxygen atoms in total. The number of halogens is 2. The van der Waals surface area contributed by atoms with Crippen LogP contribution in [0.5, 0.6) is 0 Å². The Morgan fingerprint density at radius 1 is 0.963 bits per heavy atom. The highest BCUT2D eigenvalue weighted by atomic mass is 35.5. The molecule has 7 heteroatoms. The van der Waals surface area contributed by atoms with Crippen LogP contribution in [0.2, 0.25) is 10.0 Å². The average molecular weight is 407 g/mol. The summed E-state index contributed by atoms with van der Waals surface area (Å²) in [5.74, 6) is -0.403. The van der Waals surface area contributed by atoms with Gasteiger partial charge in [0.15, 0.2) is 0 Å². The van der Waals surface area contributed by atoms with Gasteiger partial charge >= 0.3 is 5.97 Å². The molecule has 0 radical (unpaired) electrons. The van der Waals surface area contributed by atoms with Crippen LogP contribution in [0, 0.1) is 0 Å². The predicted octanol–water partition coefficient (Wildman–Crippen LogP) is 3.67. The molecule has 1 saturated heterocycles. The summed E-state index contributed by atoms with van der Waals surface area (Å²) in [6.07, 6.45) is 0. The molecule has 0 spiro atoms. The van der Waals surface area contributed by atoms with Gasteiger partial charge < -0.3 is 9.64 Å². The van der Waals surface area contributed by atoms with E-state index < -0.39 is 6.04 Å². The lowest BCUT2D eigenvalue weighted by Gasteiger charge is -2.38. The number of benzene rings is 2. The highest BCUT2D eigenvalue weighted by Crippen LogP contribution is 2.29. The molecule has 0 bridgehead atoms. The zero-order chi connectivity index (χ0) is 19.4. The quantitative estimate of drug-likeness (QED) is 0.726. The molecule has 0 saturated carbocycles. The number of amides is 1. The first-order chi connectivity index (χ1) is 13.0. The van der Waals surface area contributed by atoms with Gasteiger partial charge in [-0.2, -0.15) is 0 Å². The number of carbonyl (C=O) groups is 2. The molecule has 1 aliphatic rings. The topological polar surface area (TPSA) is 49.9 Å². The molecular weight excluding hydrogens is 387 g/mol. The van der Waals surface area contributed by atoms with Gasteiger partial charge in [-0.3, -0.25) is 9.69 Å². The predicted molar refractivity (Wildman–Crippen MR) is 105 cm³/mol. The van der Waals surface area contributed by atoms with Gasteiger partial charge in [-0.25, -0.2) is 4.79 Å². The van der Waals surface area contributed by atoms with E-state index in [-0.39, 0.29) is 11.9 Å². The first-order valence-corrected chi connectivity index (χ1v) is 9.38. The van der Waals surface area contributed by atoms with Crippen molar-refractivity contribution in [2.45, 2.75) is 6.04 Å². The van der Waals surface area contributed by atoms with Crippen molar-refractivity contribution in [1.29, 1.82) is 0 Å². The van der Waals surface area contributed by atoms with Crippen LogP contribution in [0.1, 0.15) is 22.0 Å². The number of rotatable bonds is 4. The summed E-state index contributed by atoms with van der Waals surface area (Å²) < 4.78 is 5.00. The standard InChI is InChI=1S/C20H20Cl2N2O3/c1-27-20(26)18(16-4-2-3-5-17(16)22)23-10-12-24(13-11-23)19(25)14-6-8-15(21)9-7-14/h2-9,18H,10-13H2,1H3/t18-/m1/s1. The fourth-order valence-electron chi connectivity index (χ4n) is 3.24. The summed E-state index contributed by atoms with van der Waals surface area (Å²) in [6.45, 7) is 2.12. The van der Waals surface area contributed by atoms with Crippen molar-refractivity contribution in [2.75, 3.05) is 33.3 Å². The monoisotopic (exact) mass is 406 g/mol. The molecule has 0 N–H and O–H groups in total. The maximum Gasteiger partial charge on any atom is 0.327 e. The highest BCUT2D eigenvalue weighted by molar-refractivity contribution is 6.31. The molecule has 1 amide bonds. The molecule has 2 aromatic carbocycles. The van der Waals surface area contributed by atoms with Crippen LogP contribution < -0.4 is 0 Å². The zero-order valence-corrected chi connectivity index (χ0v) is 16.4. The third-order valence-electron chi connectivity index (χ3n) is 4.68. The van der Waals surface area contributed by atoms with E-state index in [9.17, 15) is 9.59 Å². The van der Waals surface area contributed by atoms with Gasteiger partial charge in [0.05, 0.1) is 7.11 Å². The van der Waals surface area contributed by atoms with Gasteiger partial charge in [0.2, 0.25) is 0 Å². The van der Waals surface area contributed by atoms with Crippen LogP contribution >= 0.6 is 23.2 Å². The van der Waals surface area contributed by atoms with Crippen LogP contribution in [-0.4, -0.2) is 55.0 Å². The number of nitrogens with zero attached hydrogens (tertiary/aromatic N) is 2. The summed E-state index contributed by atoms with van der Waals surface area (Å²) in [5, 5.41) is 1.12. The van der Waals surface area contributed by atoms with Crippen LogP contribution in [-0.2, 0) is 9.53 Å². The third-order valence-corrected chi connectivity index (χ3v) is 5.28. The van der Waals surface area contributed by atoms with Crippen LogP contribution in [0.15, 0.2) is 48.5 Å². The molecule has 142 valence electrons. The third kappa shape index (κ3) is 4.43. The Morgan fingerprint density at radius 3 is 2.19 bits per heavy atom. The maximum absolute atomic E-state index is 12.7. The molecule has 2 aromatic rings. The van der Waals surface area contributed by atoms with Crippen molar-refractivity contribution in [2.24, 2.45) is 0 Å². The molecule has 1 aliphatic heterocycles. The Kier molecular flexibility index (Phi) is 6.37. The second-order valence-corrected chi connectivity index (χ2v) is 7.13. The maximum atomic E-state index is 12.7. The van der Waals surface area contributed by atoms with Gasteiger partial charge in [-0.15, -0.1) is 0 Å². The van der Waals surface area contributed by atoms with Crippen LogP contribution in [0.3, 0.4) is 0 Å². The summed E-state index contributed by atoms with van der Waals surface area (Å²) >= 11 is 12.2. The minimum absolute atomic E-state index is 0.0429. The smallest absolute Gasteiger partial charge is 0.327 e. The number of carbonyl (C=O) groups excluding carboxylic acids is 2. The van der Waals surface area contributed by atoms with Crippen molar-refractivity contribution < 1.29 is 14.3 Å². The summed E-state index contributed by atoms with van der Waals surface area (Å²) in [5.41, 5.74) is 1.31. The molecule has 3 rings (SSSR count). The molecule has 0 aromatic heterocycles. The first kappa shape index (κ1) is 19.7. The van der Waals surface area contributed by atoms with Gasteiger partial charge in [0.25, 0.3) is 5.91 Å². The number of esters is 1. The number of methoxy groups -OCH3 is 1. The van der Waals surface area contributed by atoms with E-state index in [1.165, 1.54) is 7.11 Å².